The summed E-state index contributed by atoms with van der Waals surface area (Å²) in [7, 11) is 0. The lowest BCUT2D eigenvalue weighted by atomic mass is 9.97. The van der Waals surface area contributed by atoms with Crippen LogP contribution in [0.25, 0.3) is 5.69 Å². The number of fused-ring (bicyclic) bond motifs is 1. The van der Waals surface area contributed by atoms with Crippen LogP contribution in [0.5, 0.6) is 0 Å². The van der Waals surface area contributed by atoms with Crippen LogP contribution in [-0.4, -0.2) is 32.7 Å². The van der Waals surface area contributed by atoms with Gasteiger partial charge >= 0.3 is 0 Å². The quantitative estimate of drug-likeness (QED) is 0.782. The minimum Gasteiger partial charge on any atom is -0.363 e. The van der Waals surface area contributed by atoms with Gasteiger partial charge in [-0.15, -0.1) is 5.10 Å². The third-order valence-corrected chi connectivity index (χ3v) is 4.47. The third kappa shape index (κ3) is 2.97. The molecule has 0 bridgehead atoms. The van der Waals surface area contributed by atoms with Gasteiger partial charge in [0.1, 0.15) is 0 Å². The van der Waals surface area contributed by atoms with Crippen molar-refractivity contribution in [2.45, 2.75) is 25.9 Å². The number of nitrogens with one attached hydrogen (secondary N) is 1. The highest BCUT2D eigenvalue weighted by Crippen LogP contribution is 2.29. The molecule has 0 spiro atoms. The molecule has 2 aromatic carbocycles. The zero-order valence-electron chi connectivity index (χ0n) is 14.4. The van der Waals surface area contributed by atoms with Crippen molar-refractivity contribution in [2.24, 2.45) is 0 Å². The van der Waals surface area contributed by atoms with Gasteiger partial charge < -0.3 is 10.1 Å². The van der Waals surface area contributed by atoms with Gasteiger partial charge in [0.15, 0.2) is 11.9 Å². The fourth-order valence-corrected chi connectivity index (χ4v) is 3.19. The molecule has 1 amide bonds. The molecule has 0 aliphatic carbocycles. The maximum absolute atomic E-state index is 12.9. The van der Waals surface area contributed by atoms with E-state index in [1.807, 2.05) is 55.5 Å². The molecule has 3 aromatic rings. The Kier molecular flexibility index (Phi) is 4.45. The summed E-state index contributed by atoms with van der Waals surface area (Å²) in [5.74, 6) is 0.529. The van der Waals surface area contributed by atoms with E-state index in [1.54, 1.807) is 4.68 Å². The summed E-state index contributed by atoms with van der Waals surface area (Å²) in [5.41, 5.74) is 3.45. The summed E-state index contributed by atoms with van der Waals surface area (Å²) in [5, 5.41) is 14.8. The van der Waals surface area contributed by atoms with E-state index < -0.39 is 6.10 Å². The van der Waals surface area contributed by atoms with Crippen LogP contribution in [0.3, 0.4) is 0 Å². The molecular formula is C19H19N5O2. The lowest BCUT2D eigenvalue weighted by molar-refractivity contribution is -0.128. The van der Waals surface area contributed by atoms with Gasteiger partial charge in [-0.05, 0) is 40.1 Å². The first-order chi connectivity index (χ1) is 12.8. The molecule has 4 rings (SSSR count). The zero-order chi connectivity index (χ0) is 17.9. The standard InChI is InChI=1S/C19H19N5O2/c1-2-17-21-22-23-24(17)16-10-6-5-9-15(16)20-19(25)18-14-8-4-3-7-13(14)11-12-26-18/h3-10,18H,2,11-12H2,1H3,(H,20,25)/t18-/m1/s1. The number of aromatic nitrogens is 4. The minimum absolute atomic E-state index is 0.198. The molecule has 1 N–H and O–H groups in total. The van der Waals surface area contributed by atoms with Gasteiger partial charge in [-0.3, -0.25) is 4.79 Å². The number of tetrazole rings is 1. The maximum Gasteiger partial charge on any atom is 0.258 e. The Bertz CT molecular complexity index is 937. The number of benzene rings is 2. The van der Waals surface area contributed by atoms with Crippen LogP contribution in [0, 0.1) is 0 Å². The first kappa shape index (κ1) is 16.4. The molecule has 132 valence electrons. The molecular weight excluding hydrogens is 330 g/mol. The van der Waals surface area contributed by atoms with Crippen LogP contribution in [0.4, 0.5) is 5.69 Å². The predicted molar refractivity (Wildman–Crippen MR) is 96.0 cm³/mol. The predicted octanol–water partition coefficient (Wildman–Crippen LogP) is 2.48. The van der Waals surface area contributed by atoms with Crippen molar-refractivity contribution in [3.63, 3.8) is 0 Å². The van der Waals surface area contributed by atoms with E-state index in [-0.39, 0.29) is 5.91 Å². The zero-order valence-corrected chi connectivity index (χ0v) is 14.4. The highest BCUT2D eigenvalue weighted by Gasteiger charge is 2.27. The third-order valence-electron chi connectivity index (χ3n) is 4.47. The Morgan fingerprint density at radius 2 is 2.04 bits per heavy atom. The number of hydrogen-bond acceptors (Lipinski definition) is 5. The Labute approximate surface area is 151 Å². The van der Waals surface area contributed by atoms with Crippen LogP contribution in [0.1, 0.15) is 30.0 Å². The van der Waals surface area contributed by atoms with Crippen molar-refractivity contribution in [3.05, 3.63) is 65.5 Å². The average Bonchev–Trinajstić information content (AvgIpc) is 3.16. The van der Waals surface area contributed by atoms with E-state index in [9.17, 15) is 4.79 Å². The molecule has 2 heterocycles. The summed E-state index contributed by atoms with van der Waals surface area (Å²) in [4.78, 5) is 12.9. The molecule has 26 heavy (non-hydrogen) atoms. The minimum atomic E-state index is -0.618. The Morgan fingerprint density at radius 3 is 2.92 bits per heavy atom. The lowest BCUT2D eigenvalue weighted by Gasteiger charge is -2.25. The fraction of sp³-hybridized carbons (Fsp3) is 0.263. The number of rotatable bonds is 4. The van der Waals surface area contributed by atoms with E-state index in [0.717, 1.165) is 29.1 Å². The smallest absolute Gasteiger partial charge is 0.258 e. The maximum atomic E-state index is 12.9. The number of anilines is 1. The Morgan fingerprint density at radius 1 is 1.23 bits per heavy atom. The molecule has 1 aromatic heterocycles. The number of para-hydroxylation sites is 2. The number of carbonyl (C=O) groups is 1. The normalized spacial score (nSPS) is 16.1. The molecule has 7 nitrogen and oxygen atoms in total. The molecule has 0 saturated heterocycles. The number of aryl methyl sites for hydroxylation is 1. The Balaban J connectivity index is 1.64. The summed E-state index contributed by atoms with van der Waals surface area (Å²) < 4.78 is 7.40. The van der Waals surface area contributed by atoms with Gasteiger partial charge in [0.25, 0.3) is 5.91 Å². The second kappa shape index (κ2) is 7.05. The fourth-order valence-electron chi connectivity index (χ4n) is 3.19. The van der Waals surface area contributed by atoms with Gasteiger partial charge in [0, 0.05) is 6.42 Å². The summed E-state index contributed by atoms with van der Waals surface area (Å²) >= 11 is 0. The monoisotopic (exact) mass is 349 g/mol. The van der Waals surface area contributed by atoms with E-state index >= 15 is 0 Å². The molecule has 1 aliphatic rings. The van der Waals surface area contributed by atoms with Crippen molar-refractivity contribution in [2.75, 3.05) is 11.9 Å². The SMILES string of the molecule is CCc1nnnn1-c1ccccc1NC(=O)[C@@H]1OCCc2ccccc21. The van der Waals surface area contributed by atoms with Gasteiger partial charge in [-0.2, -0.15) is 4.68 Å². The van der Waals surface area contributed by atoms with Gasteiger partial charge in [-0.1, -0.05) is 43.3 Å². The van der Waals surface area contributed by atoms with Crippen molar-refractivity contribution in [1.82, 2.24) is 20.2 Å². The summed E-state index contributed by atoms with van der Waals surface area (Å²) in [6.45, 7) is 2.51. The number of hydrogen-bond donors (Lipinski definition) is 1. The van der Waals surface area contributed by atoms with Crippen molar-refractivity contribution >= 4 is 11.6 Å². The lowest BCUT2D eigenvalue weighted by Crippen LogP contribution is -2.28. The molecule has 1 aliphatic heterocycles. The van der Waals surface area contributed by atoms with Crippen LogP contribution in [-0.2, 0) is 22.4 Å². The molecule has 0 saturated carbocycles. The molecule has 1 atom stereocenters. The van der Waals surface area contributed by atoms with Crippen LogP contribution in [0.15, 0.2) is 48.5 Å². The molecule has 7 heteroatoms. The van der Waals surface area contributed by atoms with Crippen LogP contribution < -0.4 is 5.32 Å². The van der Waals surface area contributed by atoms with E-state index in [1.165, 1.54) is 0 Å². The van der Waals surface area contributed by atoms with Gasteiger partial charge in [0.05, 0.1) is 18.0 Å². The number of carbonyl (C=O) groups excluding carboxylic acids is 1. The van der Waals surface area contributed by atoms with E-state index in [0.29, 0.717) is 18.7 Å². The second-order valence-corrected chi connectivity index (χ2v) is 6.07. The van der Waals surface area contributed by atoms with E-state index in [2.05, 4.69) is 20.8 Å². The Hall–Kier alpha value is -3.06. The molecule has 0 fully saturated rings. The summed E-state index contributed by atoms with van der Waals surface area (Å²) in [6.07, 6.45) is 0.891. The van der Waals surface area contributed by atoms with Crippen LogP contribution >= 0.6 is 0 Å². The van der Waals surface area contributed by atoms with Crippen molar-refractivity contribution in [1.29, 1.82) is 0 Å². The first-order valence-electron chi connectivity index (χ1n) is 8.65. The average molecular weight is 349 g/mol. The first-order valence-corrected chi connectivity index (χ1v) is 8.65. The summed E-state index contributed by atoms with van der Waals surface area (Å²) in [6, 6.07) is 15.4. The van der Waals surface area contributed by atoms with Gasteiger partial charge in [0.2, 0.25) is 0 Å². The number of amides is 1. The van der Waals surface area contributed by atoms with Crippen molar-refractivity contribution in [3.8, 4) is 5.69 Å². The van der Waals surface area contributed by atoms with Crippen molar-refractivity contribution < 1.29 is 9.53 Å². The molecule has 0 radical (unpaired) electrons. The second-order valence-electron chi connectivity index (χ2n) is 6.07. The molecule has 0 unspecified atom stereocenters. The van der Waals surface area contributed by atoms with Gasteiger partial charge in [-0.25, -0.2) is 0 Å². The number of ether oxygens (including phenoxy) is 1. The number of nitrogens with zero attached hydrogens (tertiary/aromatic N) is 4. The van der Waals surface area contributed by atoms with Crippen LogP contribution in [0.2, 0.25) is 0 Å². The van der Waals surface area contributed by atoms with E-state index in [4.69, 9.17) is 4.74 Å². The topological polar surface area (TPSA) is 81.9 Å². The highest BCUT2D eigenvalue weighted by atomic mass is 16.5. The highest BCUT2D eigenvalue weighted by molar-refractivity contribution is 5.96. The largest absolute Gasteiger partial charge is 0.363 e.